The minimum absolute atomic E-state index is 0.125. The molecule has 4 nitrogen and oxygen atoms in total. The Bertz CT molecular complexity index is 1060. The van der Waals surface area contributed by atoms with Gasteiger partial charge in [0.25, 0.3) is 0 Å². The molecule has 0 spiro atoms. The van der Waals surface area contributed by atoms with Gasteiger partial charge in [0.1, 0.15) is 6.10 Å². The second kappa shape index (κ2) is 13.9. The van der Waals surface area contributed by atoms with Crippen LogP contribution in [0.15, 0.2) is 84.9 Å². The molecule has 0 N–H and O–H groups in total. The lowest BCUT2D eigenvalue weighted by Crippen LogP contribution is -2.33. The second-order valence-corrected chi connectivity index (χ2v) is 11.5. The fourth-order valence-electron chi connectivity index (χ4n) is 4.48. The molecule has 2 atom stereocenters. The standard InChI is InChI=1S/C31H37O4P/c1-5-34-29(32)22-14-15-24(4)30(23(2)3)35-31(33)27-20-12-13-21-28(27)36(25-16-8-6-9-17-25)26-18-10-7-11-19-26/h6-13,16-21,23-24,30H,5,14-15,22H2,1-4H3/t24-,30-/m1/s1. The number of carbonyl (C=O) groups is 2. The second-order valence-electron chi connectivity index (χ2n) is 9.31. The maximum Gasteiger partial charge on any atom is 0.339 e. The van der Waals surface area contributed by atoms with E-state index >= 15 is 0 Å². The summed E-state index contributed by atoms with van der Waals surface area (Å²) in [7, 11) is -0.928. The van der Waals surface area contributed by atoms with E-state index < -0.39 is 7.92 Å². The van der Waals surface area contributed by atoms with E-state index in [0.717, 1.165) is 11.7 Å². The Morgan fingerprint density at radius 3 is 1.92 bits per heavy atom. The summed E-state index contributed by atoms with van der Waals surface area (Å²) in [6.07, 6.45) is 1.65. The molecular weight excluding hydrogens is 467 g/mol. The Balaban J connectivity index is 1.85. The summed E-state index contributed by atoms with van der Waals surface area (Å²) in [5, 5.41) is 3.37. The van der Waals surface area contributed by atoms with Crippen molar-refractivity contribution in [1.29, 1.82) is 0 Å². The quantitative estimate of drug-likeness (QED) is 0.224. The van der Waals surface area contributed by atoms with Crippen LogP contribution in [-0.4, -0.2) is 24.6 Å². The third-order valence-electron chi connectivity index (χ3n) is 6.20. The lowest BCUT2D eigenvalue weighted by Gasteiger charge is -2.28. The third kappa shape index (κ3) is 7.51. The summed E-state index contributed by atoms with van der Waals surface area (Å²) in [4.78, 5) is 25.4. The van der Waals surface area contributed by atoms with Crippen molar-refractivity contribution in [3.05, 3.63) is 90.5 Å². The SMILES string of the molecule is CCOC(=O)CCC[C@@H](C)[C@H](OC(=O)c1ccccc1P(c1ccccc1)c1ccccc1)C(C)C. The van der Waals surface area contributed by atoms with E-state index in [9.17, 15) is 9.59 Å². The van der Waals surface area contributed by atoms with Crippen molar-refractivity contribution in [1.82, 2.24) is 0 Å². The summed E-state index contributed by atoms with van der Waals surface area (Å²) >= 11 is 0. The molecule has 3 aromatic rings. The summed E-state index contributed by atoms with van der Waals surface area (Å²) < 4.78 is 11.2. The van der Waals surface area contributed by atoms with Crippen LogP contribution in [0.2, 0.25) is 0 Å². The average Bonchev–Trinajstić information content (AvgIpc) is 2.89. The van der Waals surface area contributed by atoms with E-state index in [0.29, 0.717) is 25.0 Å². The molecule has 0 fully saturated rings. The minimum atomic E-state index is -0.928. The van der Waals surface area contributed by atoms with Crippen molar-refractivity contribution in [3.8, 4) is 0 Å². The van der Waals surface area contributed by atoms with Gasteiger partial charge in [-0.05, 0) is 61.5 Å². The Labute approximate surface area is 216 Å². The predicted octanol–water partition coefficient (Wildman–Crippen LogP) is 6.00. The molecule has 0 aliphatic heterocycles. The average molecular weight is 505 g/mol. The number of carbonyl (C=O) groups excluding carboxylic acids is 2. The van der Waals surface area contributed by atoms with Gasteiger partial charge in [-0.1, -0.05) is 99.6 Å². The molecule has 0 heterocycles. The normalized spacial score (nSPS) is 12.8. The van der Waals surface area contributed by atoms with Gasteiger partial charge in [-0.3, -0.25) is 4.79 Å². The molecule has 0 bridgehead atoms. The Morgan fingerprint density at radius 2 is 1.36 bits per heavy atom. The van der Waals surface area contributed by atoms with Crippen LogP contribution in [0.4, 0.5) is 0 Å². The number of hydrogen-bond acceptors (Lipinski definition) is 4. The highest BCUT2D eigenvalue weighted by Gasteiger charge is 2.28. The lowest BCUT2D eigenvalue weighted by atomic mass is 9.90. The Kier molecular flexibility index (Phi) is 10.7. The van der Waals surface area contributed by atoms with Crippen molar-refractivity contribution >= 4 is 35.8 Å². The van der Waals surface area contributed by atoms with Crippen molar-refractivity contribution < 1.29 is 19.1 Å². The highest BCUT2D eigenvalue weighted by atomic mass is 31.1. The fraction of sp³-hybridized carbons (Fsp3) is 0.355. The predicted molar refractivity (Wildman–Crippen MR) is 149 cm³/mol. The van der Waals surface area contributed by atoms with E-state index in [1.807, 2.05) is 61.5 Å². The topological polar surface area (TPSA) is 52.6 Å². The summed E-state index contributed by atoms with van der Waals surface area (Å²) in [6, 6.07) is 28.5. The molecule has 0 radical (unpaired) electrons. The number of esters is 2. The van der Waals surface area contributed by atoms with Crippen LogP contribution in [0.3, 0.4) is 0 Å². The van der Waals surface area contributed by atoms with Crippen LogP contribution >= 0.6 is 7.92 Å². The zero-order valence-electron chi connectivity index (χ0n) is 21.7. The van der Waals surface area contributed by atoms with Crippen LogP contribution in [-0.2, 0) is 14.3 Å². The highest BCUT2D eigenvalue weighted by Crippen LogP contribution is 2.34. The van der Waals surface area contributed by atoms with Crippen molar-refractivity contribution in [2.24, 2.45) is 11.8 Å². The van der Waals surface area contributed by atoms with Crippen molar-refractivity contribution in [3.63, 3.8) is 0 Å². The number of hydrogen-bond donors (Lipinski definition) is 0. The molecule has 3 aromatic carbocycles. The van der Waals surface area contributed by atoms with Gasteiger partial charge >= 0.3 is 11.9 Å². The molecule has 0 amide bonds. The molecule has 0 aliphatic carbocycles. The van der Waals surface area contributed by atoms with Crippen LogP contribution < -0.4 is 15.9 Å². The van der Waals surface area contributed by atoms with Crippen molar-refractivity contribution in [2.45, 2.75) is 53.1 Å². The van der Waals surface area contributed by atoms with Crippen LogP contribution in [0.5, 0.6) is 0 Å². The highest BCUT2D eigenvalue weighted by molar-refractivity contribution is 7.80. The Morgan fingerprint density at radius 1 is 0.806 bits per heavy atom. The number of rotatable bonds is 12. The molecule has 36 heavy (non-hydrogen) atoms. The van der Waals surface area contributed by atoms with Gasteiger partial charge in [-0.2, -0.15) is 0 Å². The summed E-state index contributed by atoms with van der Waals surface area (Å²) in [6.45, 7) is 8.46. The maximum absolute atomic E-state index is 13.6. The molecule has 0 saturated heterocycles. The maximum atomic E-state index is 13.6. The van der Waals surface area contributed by atoms with E-state index in [-0.39, 0.29) is 29.9 Å². The van der Waals surface area contributed by atoms with Gasteiger partial charge in [0, 0.05) is 6.42 Å². The summed E-state index contributed by atoms with van der Waals surface area (Å²) in [5.74, 6) is -0.184. The molecule has 190 valence electrons. The Hall–Kier alpha value is -2.97. The van der Waals surface area contributed by atoms with E-state index in [4.69, 9.17) is 9.47 Å². The van der Waals surface area contributed by atoms with Crippen LogP contribution in [0, 0.1) is 11.8 Å². The molecule has 0 saturated carbocycles. The lowest BCUT2D eigenvalue weighted by molar-refractivity contribution is -0.143. The van der Waals surface area contributed by atoms with Crippen LogP contribution in [0.1, 0.15) is 57.3 Å². The zero-order chi connectivity index (χ0) is 25.9. The number of benzene rings is 3. The first kappa shape index (κ1) is 27.6. The fourth-order valence-corrected chi connectivity index (χ4v) is 6.92. The minimum Gasteiger partial charge on any atom is -0.466 e. The monoisotopic (exact) mass is 504 g/mol. The molecule has 5 heteroatoms. The smallest absolute Gasteiger partial charge is 0.339 e. The van der Waals surface area contributed by atoms with Gasteiger partial charge < -0.3 is 9.47 Å². The van der Waals surface area contributed by atoms with Gasteiger partial charge in [0.05, 0.1) is 12.2 Å². The van der Waals surface area contributed by atoms with Crippen molar-refractivity contribution in [2.75, 3.05) is 6.61 Å². The first-order valence-corrected chi connectivity index (χ1v) is 14.1. The zero-order valence-corrected chi connectivity index (χ0v) is 22.6. The first-order chi connectivity index (χ1) is 17.4. The van der Waals surface area contributed by atoms with E-state index in [2.05, 4.69) is 51.1 Å². The van der Waals surface area contributed by atoms with Gasteiger partial charge in [-0.15, -0.1) is 0 Å². The molecule has 0 unspecified atom stereocenters. The first-order valence-electron chi connectivity index (χ1n) is 12.8. The van der Waals surface area contributed by atoms with Crippen LogP contribution in [0.25, 0.3) is 0 Å². The van der Waals surface area contributed by atoms with Gasteiger partial charge in [-0.25, -0.2) is 4.79 Å². The molecule has 0 aliphatic rings. The third-order valence-corrected chi connectivity index (χ3v) is 8.70. The van der Waals surface area contributed by atoms with Gasteiger partial charge in [0.2, 0.25) is 0 Å². The molecule has 3 rings (SSSR count). The number of ether oxygens (including phenoxy) is 2. The molecular formula is C31H37O4P. The molecule has 0 aromatic heterocycles. The van der Waals surface area contributed by atoms with Gasteiger partial charge in [0.15, 0.2) is 0 Å². The van der Waals surface area contributed by atoms with E-state index in [1.165, 1.54) is 10.6 Å². The summed E-state index contributed by atoms with van der Waals surface area (Å²) in [5.41, 5.74) is 0.612. The largest absolute Gasteiger partial charge is 0.466 e. The van der Waals surface area contributed by atoms with E-state index in [1.54, 1.807) is 0 Å².